The van der Waals surface area contributed by atoms with Gasteiger partial charge in [0.05, 0.1) is 6.61 Å². The molecule has 3 heteroatoms. The van der Waals surface area contributed by atoms with E-state index in [0.717, 1.165) is 38.6 Å². The van der Waals surface area contributed by atoms with Gasteiger partial charge in [-0.3, -0.25) is 0 Å². The summed E-state index contributed by atoms with van der Waals surface area (Å²) in [4.78, 5) is 2.36. The molecule has 1 heterocycles. The Morgan fingerprint density at radius 1 is 1.29 bits per heavy atom. The second kappa shape index (κ2) is 8.98. The molecule has 0 radical (unpaired) electrons. The first kappa shape index (κ1) is 16.2. The topological polar surface area (TPSA) is 35.5 Å². The minimum atomic E-state index is 0.284. The summed E-state index contributed by atoms with van der Waals surface area (Å²) in [5, 5.41) is 12.5. The number of benzene rings is 1. The lowest BCUT2D eigenvalue weighted by Gasteiger charge is -2.31. The van der Waals surface area contributed by atoms with Crippen LogP contribution in [0.2, 0.25) is 0 Å². The summed E-state index contributed by atoms with van der Waals surface area (Å²) in [5.41, 5.74) is 2.65. The Morgan fingerprint density at radius 3 is 2.67 bits per heavy atom. The molecule has 1 aliphatic rings. The number of piperidine rings is 1. The number of rotatable bonds is 7. The van der Waals surface area contributed by atoms with Crippen molar-refractivity contribution >= 4 is 6.08 Å². The van der Waals surface area contributed by atoms with Gasteiger partial charge in [-0.25, -0.2) is 0 Å². The molecule has 1 aliphatic heterocycles. The minimum absolute atomic E-state index is 0.284. The van der Waals surface area contributed by atoms with E-state index in [9.17, 15) is 0 Å². The lowest BCUT2D eigenvalue weighted by atomic mass is 9.97. The van der Waals surface area contributed by atoms with E-state index in [-0.39, 0.29) is 6.61 Å². The molecule has 1 saturated heterocycles. The van der Waals surface area contributed by atoms with Crippen molar-refractivity contribution in [3.8, 4) is 0 Å². The van der Waals surface area contributed by atoms with Gasteiger partial charge in [0.25, 0.3) is 0 Å². The van der Waals surface area contributed by atoms with Gasteiger partial charge in [-0.15, -0.1) is 0 Å². The molecule has 0 atom stereocenters. The zero-order valence-corrected chi connectivity index (χ0v) is 13.1. The number of nitrogens with one attached hydrogen (secondary N) is 1. The zero-order chi connectivity index (χ0) is 14.9. The first-order valence-electron chi connectivity index (χ1n) is 8.04. The Bertz CT molecular complexity index is 422. The van der Waals surface area contributed by atoms with Crippen LogP contribution in [-0.2, 0) is 0 Å². The average molecular weight is 288 g/mol. The summed E-state index contributed by atoms with van der Waals surface area (Å²) in [5.74, 6) is 0.782. The maximum absolute atomic E-state index is 8.95. The Morgan fingerprint density at radius 2 is 2.00 bits per heavy atom. The summed E-state index contributed by atoms with van der Waals surface area (Å²) in [7, 11) is 0. The molecule has 1 aromatic rings. The van der Waals surface area contributed by atoms with Crippen LogP contribution in [0.15, 0.2) is 35.9 Å². The standard InChI is InChI=1S/C18H28N2O/c1-16(13-17-5-3-2-4-6-17)14-19-15-18-7-9-20(10-8-18)11-12-21/h2-6,13,18-19,21H,7-12,14-15H2,1H3. The molecule has 1 aromatic carbocycles. The molecule has 21 heavy (non-hydrogen) atoms. The van der Waals surface area contributed by atoms with Crippen LogP contribution in [-0.4, -0.2) is 49.3 Å². The first-order valence-corrected chi connectivity index (χ1v) is 8.04. The smallest absolute Gasteiger partial charge is 0.0558 e. The number of likely N-dealkylation sites (tertiary alicyclic amines) is 1. The Balaban J connectivity index is 1.65. The predicted octanol–water partition coefficient (Wildman–Crippen LogP) is 2.38. The zero-order valence-electron chi connectivity index (χ0n) is 13.1. The molecule has 0 saturated carbocycles. The summed E-state index contributed by atoms with van der Waals surface area (Å²) in [6.07, 6.45) is 4.74. The average Bonchev–Trinajstić information content (AvgIpc) is 2.50. The summed E-state index contributed by atoms with van der Waals surface area (Å²) in [6, 6.07) is 10.5. The fourth-order valence-corrected chi connectivity index (χ4v) is 2.91. The van der Waals surface area contributed by atoms with Crippen LogP contribution in [0, 0.1) is 5.92 Å². The fourth-order valence-electron chi connectivity index (χ4n) is 2.91. The largest absolute Gasteiger partial charge is 0.395 e. The van der Waals surface area contributed by atoms with Crippen LogP contribution in [0.25, 0.3) is 6.08 Å². The van der Waals surface area contributed by atoms with Crippen LogP contribution in [0.4, 0.5) is 0 Å². The van der Waals surface area contributed by atoms with Crippen molar-refractivity contribution in [1.82, 2.24) is 10.2 Å². The van der Waals surface area contributed by atoms with Gasteiger partial charge < -0.3 is 15.3 Å². The maximum Gasteiger partial charge on any atom is 0.0558 e. The Kier molecular flexibility index (Phi) is 6.93. The maximum atomic E-state index is 8.95. The Hall–Kier alpha value is -1.16. The minimum Gasteiger partial charge on any atom is -0.395 e. The third-order valence-electron chi connectivity index (χ3n) is 4.17. The summed E-state index contributed by atoms with van der Waals surface area (Å²) >= 11 is 0. The highest BCUT2D eigenvalue weighted by Gasteiger charge is 2.17. The van der Waals surface area contributed by atoms with Crippen molar-refractivity contribution < 1.29 is 5.11 Å². The van der Waals surface area contributed by atoms with Crippen LogP contribution in [0.5, 0.6) is 0 Å². The monoisotopic (exact) mass is 288 g/mol. The van der Waals surface area contributed by atoms with Crippen molar-refractivity contribution in [1.29, 1.82) is 0 Å². The van der Waals surface area contributed by atoms with Gasteiger partial charge in [0.1, 0.15) is 0 Å². The molecule has 1 fully saturated rings. The van der Waals surface area contributed by atoms with Gasteiger partial charge >= 0.3 is 0 Å². The number of aliphatic hydroxyl groups is 1. The van der Waals surface area contributed by atoms with Crippen LogP contribution >= 0.6 is 0 Å². The summed E-state index contributed by atoms with van der Waals surface area (Å²) < 4.78 is 0. The van der Waals surface area contributed by atoms with Crippen LogP contribution < -0.4 is 5.32 Å². The molecule has 0 aliphatic carbocycles. The Labute approximate surface area is 128 Å². The molecule has 0 amide bonds. The molecule has 0 unspecified atom stereocenters. The highest BCUT2D eigenvalue weighted by molar-refractivity contribution is 5.52. The van der Waals surface area contributed by atoms with Gasteiger partial charge in [-0.05, 0) is 50.9 Å². The van der Waals surface area contributed by atoms with E-state index < -0.39 is 0 Å². The normalized spacial score (nSPS) is 18.1. The molecular weight excluding hydrogens is 260 g/mol. The van der Waals surface area contributed by atoms with Crippen LogP contribution in [0.3, 0.4) is 0 Å². The first-order chi connectivity index (χ1) is 10.3. The van der Waals surface area contributed by atoms with E-state index in [4.69, 9.17) is 5.11 Å². The summed E-state index contributed by atoms with van der Waals surface area (Å²) in [6.45, 7) is 7.63. The number of hydrogen-bond acceptors (Lipinski definition) is 3. The van der Waals surface area contributed by atoms with Gasteiger partial charge in [0, 0.05) is 13.1 Å². The fraction of sp³-hybridized carbons (Fsp3) is 0.556. The second-order valence-electron chi connectivity index (χ2n) is 6.04. The van der Waals surface area contributed by atoms with E-state index in [1.807, 2.05) is 6.07 Å². The number of nitrogens with zero attached hydrogens (tertiary/aromatic N) is 1. The number of aliphatic hydroxyl groups excluding tert-OH is 1. The predicted molar refractivity (Wildman–Crippen MR) is 89.2 cm³/mol. The second-order valence-corrected chi connectivity index (χ2v) is 6.04. The van der Waals surface area contributed by atoms with Gasteiger partial charge in [0.15, 0.2) is 0 Å². The molecule has 0 spiro atoms. The third-order valence-corrected chi connectivity index (χ3v) is 4.17. The van der Waals surface area contributed by atoms with Crippen molar-refractivity contribution in [2.45, 2.75) is 19.8 Å². The molecule has 0 bridgehead atoms. The van der Waals surface area contributed by atoms with E-state index in [1.54, 1.807) is 0 Å². The molecule has 2 rings (SSSR count). The van der Waals surface area contributed by atoms with E-state index in [0.29, 0.717) is 0 Å². The van der Waals surface area contributed by atoms with Gasteiger partial charge in [-0.1, -0.05) is 42.0 Å². The lowest BCUT2D eigenvalue weighted by molar-refractivity contribution is 0.147. The quantitative estimate of drug-likeness (QED) is 0.808. The molecular formula is C18H28N2O. The SMILES string of the molecule is CC(=Cc1ccccc1)CNCC1CCN(CCO)CC1. The highest BCUT2D eigenvalue weighted by Crippen LogP contribution is 2.16. The lowest BCUT2D eigenvalue weighted by Crippen LogP contribution is -2.38. The van der Waals surface area contributed by atoms with E-state index in [2.05, 4.69) is 47.5 Å². The molecule has 116 valence electrons. The van der Waals surface area contributed by atoms with Gasteiger partial charge in [0.2, 0.25) is 0 Å². The van der Waals surface area contributed by atoms with E-state index >= 15 is 0 Å². The molecule has 0 aromatic heterocycles. The highest BCUT2D eigenvalue weighted by atomic mass is 16.3. The number of hydrogen-bond donors (Lipinski definition) is 2. The van der Waals surface area contributed by atoms with Crippen molar-refractivity contribution in [3.05, 3.63) is 41.5 Å². The van der Waals surface area contributed by atoms with Crippen molar-refractivity contribution in [2.75, 3.05) is 39.3 Å². The van der Waals surface area contributed by atoms with E-state index in [1.165, 1.54) is 24.0 Å². The molecule has 3 nitrogen and oxygen atoms in total. The third kappa shape index (κ3) is 6.00. The molecule has 2 N–H and O–H groups in total. The number of β-amino-alcohol motifs (C(OH)–C–C–N with tert-alkyl or cyclic N) is 1. The van der Waals surface area contributed by atoms with Gasteiger partial charge in [-0.2, -0.15) is 0 Å². The van der Waals surface area contributed by atoms with Crippen LogP contribution in [0.1, 0.15) is 25.3 Å². The van der Waals surface area contributed by atoms with Crippen molar-refractivity contribution in [3.63, 3.8) is 0 Å². The van der Waals surface area contributed by atoms with Crippen molar-refractivity contribution in [2.24, 2.45) is 5.92 Å².